The second-order valence-corrected chi connectivity index (χ2v) is 7.10. The zero-order valence-corrected chi connectivity index (χ0v) is 20.8. The van der Waals surface area contributed by atoms with Crippen molar-refractivity contribution in [1.29, 1.82) is 0 Å². The van der Waals surface area contributed by atoms with Crippen LogP contribution in [0.5, 0.6) is 11.5 Å². The van der Waals surface area contributed by atoms with E-state index in [1.54, 1.807) is 27.2 Å². The molecule has 1 atom stereocenters. The van der Waals surface area contributed by atoms with Crippen LogP contribution in [-0.2, 0) is 12.0 Å². The highest BCUT2D eigenvalue weighted by Crippen LogP contribution is 2.28. The van der Waals surface area contributed by atoms with Crippen molar-refractivity contribution < 1.29 is 19.0 Å². The van der Waals surface area contributed by atoms with E-state index in [-0.39, 0.29) is 30.5 Å². The van der Waals surface area contributed by atoms with Gasteiger partial charge in [-0.3, -0.25) is 0 Å². The summed E-state index contributed by atoms with van der Waals surface area (Å²) in [6, 6.07) is 9.59. The zero-order chi connectivity index (χ0) is 21.3. The van der Waals surface area contributed by atoms with Crippen molar-refractivity contribution in [3.63, 3.8) is 0 Å². The fourth-order valence-electron chi connectivity index (χ4n) is 2.91. The molecule has 0 aliphatic rings. The first-order chi connectivity index (χ1) is 13.9. The fraction of sp³-hybridized carbons (Fsp3) is 0.500. The summed E-state index contributed by atoms with van der Waals surface area (Å²) in [6.45, 7) is 7.26. The molecule has 0 saturated heterocycles. The Kier molecular flexibility index (Phi) is 11.0. The maximum absolute atomic E-state index is 10.7. The Morgan fingerprint density at radius 3 is 2.47 bits per heavy atom. The zero-order valence-electron chi connectivity index (χ0n) is 18.4. The molecule has 30 heavy (non-hydrogen) atoms. The first-order valence-electron chi connectivity index (χ1n) is 9.92. The molecule has 2 rings (SSSR count). The van der Waals surface area contributed by atoms with Gasteiger partial charge in [-0.15, -0.1) is 24.0 Å². The van der Waals surface area contributed by atoms with Crippen LogP contribution in [0.4, 0.5) is 0 Å². The number of halogens is 1. The first kappa shape index (κ1) is 26.1. The molecule has 0 radical (unpaired) electrons. The van der Waals surface area contributed by atoms with Crippen molar-refractivity contribution in [2.24, 2.45) is 4.99 Å². The molecule has 8 heteroatoms. The molecule has 1 aromatic heterocycles. The number of furan rings is 1. The molecular formula is C22H34IN3O4. The highest BCUT2D eigenvalue weighted by Gasteiger charge is 2.26. The number of methoxy groups -OCH3 is 2. The van der Waals surface area contributed by atoms with E-state index in [0.717, 1.165) is 43.2 Å². The Labute approximate surface area is 196 Å². The average molecular weight is 531 g/mol. The molecule has 0 bridgehead atoms. The molecule has 0 saturated carbocycles. The fourth-order valence-corrected chi connectivity index (χ4v) is 2.91. The first-order valence-corrected chi connectivity index (χ1v) is 9.92. The van der Waals surface area contributed by atoms with Gasteiger partial charge in [0.15, 0.2) is 17.5 Å². The van der Waals surface area contributed by atoms with Gasteiger partial charge in [0.1, 0.15) is 17.1 Å². The molecule has 0 aliphatic carbocycles. The monoisotopic (exact) mass is 531 g/mol. The minimum atomic E-state index is -1.16. The lowest BCUT2D eigenvalue weighted by Gasteiger charge is -2.19. The number of aliphatic hydroxyl groups is 1. The summed E-state index contributed by atoms with van der Waals surface area (Å²) in [6.07, 6.45) is 1.82. The number of benzene rings is 1. The van der Waals surface area contributed by atoms with Crippen LogP contribution in [0.2, 0.25) is 0 Å². The number of nitrogens with one attached hydrogen (secondary N) is 2. The minimum absolute atomic E-state index is 0. The van der Waals surface area contributed by atoms with E-state index in [4.69, 9.17) is 13.9 Å². The summed E-state index contributed by atoms with van der Waals surface area (Å²) in [5.41, 5.74) is 0.0264. The van der Waals surface area contributed by atoms with Crippen LogP contribution >= 0.6 is 24.0 Å². The summed E-state index contributed by atoms with van der Waals surface area (Å²) in [5.74, 6) is 3.42. The minimum Gasteiger partial charge on any atom is -0.493 e. The van der Waals surface area contributed by atoms with Gasteiger partial charge < -0.3 is 29.6 Å². The van der Waals surface area contributed by atoms with Crippen LogP contribution in [0.3, 0.4) is 0 Å². The second-order valence-electron chi connectivity index (χ2n) is 7.10. The van der Waals surface area contributed by atoms with E-state index in [1.807, 2.05) is 38.1 Å². The van der Waals surface area contributed by atoms with Gasteiger partial charge in [-0.05, 0) is 63.4 Å². The van der Waals surface area contributed by atoms with Crippen LogP contribution in [0.1, 0.15) is 37.4 Å². The van der Waals surface area contributed by atoms with Crippen molar-refractivity contribution in [3.8, 4) is 11.5 Å². The number of ether oxygens (including phenoxy) is 2. The van der Waals surface area contributed by atoms with E-state index < -0.39 is 5.60 Å². The summed E-state index contributed by atoms with van der Waals surface area (Å²) in [4.78, 5) is 4.51. The van der Waals surface area contributed by atoms with Gasteiger partial charge in [0.25, 0.3) is 0 Å². The van der Waals surface area contributed by atoms with Gasteiger partial charge in [-0.1, -0.05) is 6.07 Å². The van der Waals surface area contributed by atoms with E-state index in [2.05, 4.69) is 15.6 Å². The Morgan fingerprint density at radius 1 is 1.13 bits per heavy atom. The molecule has 168 valence electrons. The van der Waals surface area contributed by atoms with Crippen molar-refractivity contribution >= 4 is 29.9 Å². The number of hydrogen-bond donors (Lipinski definition) is 3. The topological polar surface area (TPSA) is 88.3 Å². The van der Waals surface area contributed by atoms with Crippen LogP contribution < -0.4 is 20.1 Å². The smallest absolute Gasteiger partial charge is 0.191 e. The van der Waals surface area contributed by atoms with Crippen LogP contribution in [0.25, 0.3) is 0 Å². The molecule has 0 fully saturated rings. The van der Waals surface area contributed by atoms with Crippen LogP contribution in [-0.4, -0.2) is 44.9 Å². The van der Waals surface area contributed by atoms with E-state index in [0.29, 0.717) is 11.7 Å². The Hall–Kier alpha value is -1.94. The van der Waals surface area contributed by atoms with Crippen molar-refractivity contribution in [2.75, 3.05) is 33.9 Å². The van der Waals surface area contributed by atoms with Crippen molar-refractivity contribution in [2.45, 2.75) is 39.2 Å². The number of nitrogens with zero attached hydrogens (tertiary/aromatic N) is 1. The summed E-state index contributed by atoms with van der Waals surface area (Å²) >= 11 is 0. The third-order valence-electron chi connectivity index (χ3n) is 4.54. The second kappa shape index (κ2) is 12.7. The number of aliphatic imine (C=N–C) groups is 1. The largest absolute Gasteiger partial charge is 0.493 e. The summed E-state index contributed by atoms with van der Waals surface area (Å²) in [7, 11) is 3.27. The van der Waals surface area contributed by atoms with E-state index in [1.165, 1.54) is 5.56 Å². The normalized spacial score (nSPS) is 13.2. The van der Waals surface area contributed by atoms with Gasteiger partial charge in [0, 0.05) is 13.1 Å². The predicted molar refractivity (Wildman–Crippen MR) is 130 cm³/mol. The van der Waals surface area contributed by atoms with E-state index in [9.17, 15) is 5.11 Å². The molecule has 1 heterocycles. The van der Waals surface area contributed by atoms with Crippen molar-refractivity contribution in [3.05, 3.63) is 47.4 Å². The SMILES string of the molecule is CCNC(=NCC(C)(O)c1ccc(C)o1)NCCCc1ccc(OC)c(OC)c1.I. The number of guanidine groups is 1. The third-order valence-corrected chi connectivity index (χ3v) is 4.54. The molecule has 1 aromatic carbocycles. The molecule has 0 aliphatic heterocycles. The molecule has 1 unspecified atom stereocenters. The molecular weight excluding hydrogens is 497 g/mol. The molecule has 3 N–H and O–H groups in total. The summed E-state index contributed by atoms with van der Waals surface area (Å²) in [5, 5.41) is 17.2. The van der Waals surface area contributed by atoms with Gasteiger partial charge in [0.2, 0.25) is 0 Å². The number of rotatable bonds is 10. The van der Waals surface area contributed by atoms with Crippen LogP contribution in [0, 0.1) is 6.92 Å². The highest BCUT2D eigenvalue weighted by molar-refractivity contribution is 14.0. The van der Waals surface area contributed by atoms with Gasteiger partial charge in [0.05, 0.1) is 20.8 Å². The average Bonchev–Trinajstić information content (AvgIpc) is 3.16. The maximum atomic E-state index is 10.7. The van der Waals surface area contributed by atoms with E-state index >= 15 is 0 Å². The molecule has 2 aromatic rings. The standard InChI is InChI=1S/C22H33N3O4.HI/c1-6-23-21(25-15-22(3,26)20-12-9-16(2)29-20)24-13-7-8-17-10-11-18(27-4)19(14-17)28-5;/h9-12,14,26H,6-8,13,15H2,1-5H3,(H2,23,24,25);1H. The van der Waals surface area contributed by atoms with Gasteiger partial charge in [-0.2, -0.15) is 0 Å². The van der Waals surface area contributed by atoms with Crippen molar-refractivity contribution in [1.82, 2.24) is 10.6 Å². The lowest BCUT2D eigenvalue weighted by atomic mass is 10.0. The third kappa shape index (κ3) is 7.71. The molecule has 0 spiro atoms. The molecule has 7 nitrogen and oxygen atoms in total. The maximum Gasteiger partial charge on any atom is 0.191 e. The van der Waals surface area contributed by atoms with Crippen LogP contribution in [0.15, 0.2) is 39.7 Å². The number of hydrogen-bond acceptors (Lipinski definition) is 5. The molecule has 0 amide bonds. The Morgan fingerprint density at radius 2 is 1.87 bits per heavy atom. The summed E-state index contributed by atoms with van der Waals surface area (Å²) < 4.78 is 16.2. The highest BCUT2D eigenvalue weighted by atomic mass is 127. The number of aryl methyl sites for hydroxylation is 2. The predicted octanol–water partition coefficient (Wildman–Crippen LogP) is 3.62. The quantitative estimate of drug-likeness (QED) is 0.188. The lowest BCUT2D eigenvalue weighted by Crippen LogP contribution is -2.39. The van der Waals surface area contributed by atoms with Gasteiger partial charge in [-0.25, -0.2) is 4.99 Å². The Balaban J connectivity index is 0.00000450. The van der Waals surface area contributed by atoms with Gasteiger partial charge >= 0.3 is 0 Å². The lowest BCUT2D eigenvalue weighted by molar-refractivity contribution is 0.0428. The Bertz CT molecular complexity index is 805.